The molecule has 0 aromatic carbocycles. The number of likely N-dealkylation sites (N-methyl/N-ethyl adjacent to an activating group) is 1. The van der Waals surface area contributed by atoms with E-state index in [1.54, 1.807) is 0 Å². The van der Waals surface area contributed by atoms with E-state index >= 15 is 0 Å². The number of ether oxygens (including phenoxy) is 1. The van der Waals surface area contributed by atoms with Crippen molar-refractivity contribution in [1.29, 1.82) is 0 Å². The molecule has 324 valence electrons. The van der Waals surface area contributed by atoms with Gasteiger partial charge in [-0.3, -0.25) is 38.4 Å². The van der Waals surface area contributed by atoms with Crippen LogP contribution in [0.25, 0.3) is 0 Å². The lowest BCUT2D eigenvalue weighted by atomic mass is 9.82. The average Bonchev–Trinajstić information content (AvgIpc) is 3.16. The first kappa shape index (κ1) is 48.6. The molecular weight excluding hydrogens is 760 g/mol. The van der Waals surface area contributed by atoms with Gasteiger partial charge in [-0.2, -0.15) is 0 Å². The molecule has 2 rings (SSSR count). The Morgan fingerprint density at radius 1 is 0.754 bits per heavy atom. The number of nitrogens with two attached hydrogens (primary N) is 1. The van der Waals surface area contributed by atoms with Gasteiger partial charge < -0.3 is 78.3 Å². The molecule has 0 aromatic rings. The van der Waals surface area contributed by atoms with E-state index in [0.717, 1.165) is 6.92 Å². The number of aliphatic hydroxyl groups excluding tert-OH is 6. The summed E-state index contributed by atoms with van der Waals surface area (Å²) in [5.41, 5.74) is 5.24. The fourth-order valence-electron chi connectivity index (χ4n) is 6.31. The third-order valence-corrected chi connectivity index (χ3v) is 9.93. The Morgan fingerprint density at radius 2 is 1.33 bits per heavy atom. The first-order valence-electron chi connectivity index (χ1n) is 18.6. The van der Waals surface area contributed by atoms with E-state index in [2.05, 4.69) is 37.2 Å². The van der Waals surface area contributed by atoms with Gasteiger partial charge in [-0.25, -0.2) is 0 Å². The summed E-state index contributed by atoms with van der Waals surface area (Å²) < 4.78 is 5.52. The summed E-state index contributed by atoms with van der Waals surface area (Å²) in [6.45, 7) is 1.94. The summed E-state index contributed by atoms with van der Waals surface area (Å²) in [6, 6.07) is -7.78. The number of amides is 8. The van der Waals surface area contributed by atoms with E-state index < -0.39 is 146 Å². The van der Waals surface area contributed by atoms with Crippen LogP contribution in [0.5, 0.6) is 0 Å². The van der Waals surface area contributed by atoms with Crippen LogP contribution in [0.2, 0.25) is 0 Å². The molecule has 57 heavy (non-hydrogen) atoms. The summed E-state index contributed by atoms with van der Waals surface area (Å²) >= 11 is 0. The number of nitrogens with one attached hydrogen (secondary N) is 7. The number of rotatable bonds is 20. The maximum absolute atomic E-state index is 14.1. The van der Waals surface area contributed by atoms with Gasteiger partial charge in [-0.05, 0) is 44.9 Å². The fraction of sp³-hybridized carbons (Fsp3) is 0.765. The van der Waals surface area contributed by atoms with Crippen molar-refractivity contribution in [3.8, 4) is 0 Å². The molecule has 1 saturated carbocycles. The summed E-state index contributed by atoms with van der Waals surface area (Å²) in [4.78, 5) is 104. The van der Waals surface area contributed by atoms with Crippen LogP contribution >= 0.6 is 0 Å². The highest BCUT2D eigenvalue weighted by Crippen LogP contribution is 2.28. The smallest absolute Gasteiger partial charge is 0.245 e. The van der Waals surface area contributed by atoms with Gasteiger partial charge in [0.25, 0.3) is 0 Å². The monoisotopic (exact) mass is 818 g/mol. The van der Waals surface area contributed by atoms with Crippen LogP contribution < -0.4 is 43.0 Å². The Balaban J connectivity index is 2.49. The third kappa shape index (κ3) is 14.7. The Labute approximate surface area is 328 Å². The number of hydrogen-bond acceptors (Lipinski definition) is 15. The number of carbonyl (C=O) groups excluding carboxylic acids is 8. The van der Waals surface area contributed by atoms with Gasteiger partial charge in [0.2, 0.25) is 47.3 Å². The Bertz CT molecular complexity index is 1430. The van der Waals surface area contributed by atoms with E-state index in [1.807, 2.05) is 0 Å². The van der Waals surface area contributed by atoms with Gasteiger partial charge in [0, 0.05) is 20.4 Å². The molecule has 0 aromatic heterocycles. The van der Waals surface area contributed by atoms with Crippen molar-refractivity contribution in [2.24, 2.45) is 17.6 Å². The summed E-state index contributed by atoms with van der Waals surface area (Å²) in [5, 5.41) is 77.1. The van der Waals surface area contributed by atoms with Crippen molar-refractivity contribution >= 4 is 47.3 Å². The molecule has 2 fully saturated rings. The van der Waals surface area contributed by atoms with Crippen molar-refractivity contribution in [1.82, 2.24) is 37.2 Å². The van der Waals surface area contributed by atoms with E-state index in [1.165, 1.54) is 20.9 Å². The minimum atomic E-state index is -1.89. The topological polar surface area (TPSA) is 377 Å². The molecule has 23 heteroatoms. The molecular formula is C34H58N8O15. The highest BCUT2D eigenvalue weighted by molar-refractivity contribution is 5.97. The number of primary amides is 1. The minimum Gasteiger partial charge on any atom is -0.394 e. The normalized spacial score (nSPS) is 26.5. The Kier molecular flexibility index (Phi) is 19.6. The van der Waals surface area contributed by atoms with Crippen LogP contribution in [0.3, 0.4) is 0 Å². The second-order valence-corrected chi connectivity index (χ2v) is 14.3. The van der Waals surface area contributed by atoms with Gasteiger partial charge in [0.15, 0.2) is 6.23 Å². The molecule has 11 atom stereocenters. The first-order valence-corrected chi connectivity index (χ1v) is 18.6. The zero-order valence-electron chi connectivity index (χ0n) is 32.3. The Hall–Kier alpha value is -4.52. The van der Waals surface area contributed by atoms with E-state index in [-0.39, 0.29) is 38.5 Å². The lowest BCUT2D eigenvalue weighted by Gasteiger charge is -2.42. The molecule has 1 aliphatic heterocycles. The van der Waals surface area contributed by atoms with Crippen LogP contribution in [0.15, 0.2) is 0 Å². The van der Waals surface area contributed by atoms with Crippen LogP contribution in [-0.2, 0) is 43.1 Å². The third-order valence-electron chi connectivity index (χ3n) is 9.93. The molecule has 0 bridgehead atoms. The molecule has 8 amide bonds. The lowest BCUT2D eigenvalue weighted by molar-refractivity contribution is -0.203. The van der Waals surface area contributed by atoms with E-state index in [9.17, 15) is 69.0 Å². The second kappa shape index (κ2) is 23.0. The highest BCUT2D eigenvalue weighted by atomic mass is 16.5. The molecule has 1 aliphatic carbocycles. The van der Waals surface area contributed by atoms with Crippen molar-refractivity contribution in [2.45, 2.75) is 133 Å². The molecule has 1 heterocycles. The summed E-state index contributed by atoms with van der Waals surface area (Å²) in [5.74, 6) is -8.93. The van der Waals surface area contributed by atoms with E-state index in [0.29, 0.717) is 0 Å². The quantitative estimate of drug-likeness (QED) is 0.0543. The first-order chi connectivity index (χ1) is 26.7. The minimum absolute atomic E-state index is 0.197. The Morgan fingerprint density at radius 3 is 1.86 bits per heavy atom. The molecule has 0 radical (unpaired) electrons. The van der Waals surface area contributed by atoms with Crippen LogP contribution in [0.1, 0.15) is 65.7 Å². The summed E-state index contributed by atoms with van der Waals surface area (Å²) in [6.07, 6.45) is -8.83. The molecule has 2 aliphatic rings. The molecule has 4 unspecified atom stereocenters. The molecule has 1 saturated heterocycles. The second-order valence-electron chi connectivity index (χ2n) is 14.3. The number of hydrogen-bond donors (Lipinski definition) is 14. The number of carbonyl (C=O) groups is 8. The van der Waals surface area contributed by atoms with Crippen molar-refractivity contribution in [2.75, 3.05) is 20.3 Å². The molecule has 23 nitrogen and oxygen atoms in total. The van der Waals surface area contributed by atoms with Gasteiger partial charge >= 0.3 is 0 Å². The number of aliphatic hydroxyl groups is 6. The zero-order valence-corrected chi connectivity index (χ0v) is 32.3. The van der Waals surface area contributed by atoms with Crippen molar-refractivity contribution in [3.05, 3.63) is 0 Å². The SMILES string of the molecule is CNC(=O)[C@H](CCC(N)=O)NC(=O)C(NC(=O)[C@H](CC(=O)N[C@@H]1OC(CO)[C@H](O)[C@H](O)C1NC(C)=O)NC(=O)[C@@H](CO)NC(=O)[C@@H](C)C(C)O)C1CCC(O)CC1. The summed E-state index contributed by atoms with van der Waals surface area (Å²) in [7, 11) is 1.29. The predicted molar refractivity (Wildman–Crippen MR) is 194 cm³/mol. The fourth-order valence-corrected chi connectivity index (χ4v) is 6.31. The molecule has 15 N–H and O–H groups in total. The molecule has 0 spiro atoms. The maximum atomic E-state index is 14.1. The highest BCUT2D eigenvalue weighted by Gasteiger charge is 2.46. The van der Waals surface area contributed by atoms with Crippen LogP contribution in [-0.4, -0.2) is 165 Å². The standard InChI is InChI=1S/C34H58N8O15/c1-14(15(2)45)29(52)40-21(12-43)32(55)39-20(11-24(49)41-34-26(37-16(3)46)28(51)27(50)22(13-44)57-34)31(54)42-25(17-5-7-18(47)8-6-17)33(56)38-19(30(53)36-4)9-10-23(35)48/h14-15,17-22,25-28,34,43-45,47,50-51H,5-13H2,1-4H3,(H2,35,48)(H,36,53)(H,37,46)(H,38,56)(H,39,55)(H,40,52)(H,41,49)(H,42,54)/t14-,15?,17?,18?,19-,20-,21+,22?,25?,26?,27-,28+,34+/m0/s1. The largest absolute Gasteiger partial charge is 0.394 e. The van der Waals surface area contributed by atoms with Gasteiger partial charge in [-0.15, -0.1) is 0 Å². The maximum Gasteiger partial charge on any atom is 0.245 e. The van der Waals surface area contributed by atoms with E-state index in [4.69, 9.17) is 10.5 Å². The van der Waals surface area contributed by atoms with Gasteiger partial charge in [0.05, 0.1) is 37.8 Å². The average molecular weight is 819 g/mol. The van der Waals surface area contributed by atoms with Crippen LogP contribution in [0.4, 0.5) is 0 Å². The lowest BCUT2D eigenvalue weighted by Crippen LogP contribution is -2.68. The van der Waals surface area contributed by atoms with Gasteiger partial charge in [0.1, 0.15) is 48.5 Å². The van der Waals surface area contributed by atoms with Crippen molar-refractivity contribution < 1.29 is 73.7 Å². The predicted octanol–water partition coefficient (Wildman–Crippen LogP) is -7.05. The van der Waals surface area contributed by atoms with Crippen molar-refractivity contribution in [3.63, 3.8) is 0 Å². The van der Waals surface area contributed by atoms with Crippen LogP contribution in [0, 0.1) is 11.8 Å². The zero-order chi connectivity index (χ0) is 43.1. The van der Waals surface area contributed by atoms with Gasteiger partial charge in [-0.1, -0.05) is 6.92 Å².